The van der Waals surface area contributed by atoms with E-state index in [1.807, 2.05) is 61.5 Å². The van der Waals surface area contributed by atoms with Crippen LogP contribution in [0.1, 0.15) is 22.3 Å². The first-order valence-electron chi connectivity index (χ1n) is 9.47. The van der Waals surface area contributed by atoms with Gasteiger partial charge in [-0.25, -0.2) is 8.42 Å². The van der Waals surface area contributed by atoms with E-state index in [0.717, 1.165) is 26.2 Å². The summed E-state index contributed by atoms with van der Waals surface area (Å²) in [6.45, 7) is 5.60. The van der Waals surface area contributed by atoms with Gasteiger partial charge in [0.25, 0.3) is 0 Å². The minimum absolute atomic E-state index is 0.236. The van der Waals surface area contributed by atoms with Gasteiger partial charge in [-0.3, -0.25) is 4.79 Å². The van der Waals surface area contributed by atoms with E-state index in [1.54, 1.807) is 13.8 Å². The predicted molar refractivity (Wildman–Crippen MR) is 116 cm³/mol. The van der Waals surface area contributed by atoms with Crippen molar-refractivity contribution in [1.29, 1.82) is 0 Å². The van der Waals surface area contributed by atoms with Crippen LogP contribution in [0.4, 0.5) is 0 Å². The number of benzene rings is 3. The van der Waals surface area contributed by atoms with E-state index in [1.165, 1.54) is 7.05 Å². The summed E-state index contributed by atoms with van der Waals surface area (Å²) in [5, 5.41) is 5.01. The normalized spacial score (nSPS) is 11.8. The Kier molecular flexibility index (Phi) is 6.05. The molecule has 29 heavy (non-hydrogen) atoms. The van der Waals surface area contributed by atoms with Gasteiger partial charge in [-0.05, 0) is 48.2 Å². The van der Waals surface area contributed by atoms with Crippen LogP contribution in [0.2, 0.25) is 0 Å². The quantitative estimate of drug-likeness (QED) is 0.674. The van der Waals surface area contributed by atoms with Crippen LogP contribution in [-0.4, -0.2) is 32.2 Å². The average Bonchev–Trinajstić information content (AvgIpc) is 2.65. The van der Waals surface area contributed by atoms with Crippen molar-refractivity contribution in [3.05, 3.63) is 76.9 Å². The molecule has 0 atom stereocenters. The molecular weight excluding hydrogens is 384 g/mol. The minimum Gasteiger partial charge on any atom is -0.351 e. The van der Waals surface area contributed by atoms with Crippen molar-refractivity contribution >= 4 is 26.7 Å². The molecule has 0 spiro atoms. The Labute approximate surface area is 172 Å². The summed E-state index contributed by atoms with van der Waals surface area (Å²) >= 11 is 0. The zero-order valence-electron chi connectivity index (χ0n) is 17.2. The highest BCUT2D eigenvalue weighted by atomic mass is 32.2. The molecule has 0 aromatic heterocycles. The number of rotatable bonds is 6. The molecular formula is C23H26N2O3S. The maximum atomic E-state index is 13.0. The second kappa shape index (κ2) is 8.35. The van der Waals surface area contributed by atoms with Gasteiger partial charge in [0.1, 0.15) is 0 Å². The second-order valence-electron chi connectivity index (χ2n) is 7.40. The van der Waals surface area contributed by atoms with Crippen molar-refractivity contribution < 1.29 is 13.2 Å². The monoisotopic (exact) mass is 410 g/mol. The minimum atomic E-state index is -3.76. The highest BCUT2D eigenvalue weighted by Gasteiger charge is 2.26. The lowest BCUT2D eigenvalue weighted by Gasteiger charge is -2.20. The number of amides is 1. The van der Waals surface area contributed by atoms with Crippen molar-refractivity contribution in [1.82, 2.24) is 9.62 Å². The van der Waals surface area contributed by atoms with Crippen LogP contribution in [0.25, 0.3) is 10.8 Å². The van der Waals surface area contributed by atoms with Gasteiger partial charge in [0, 0.05) is 13.6 Å². The lowest BCUT2D eigenvalue weighted by molar-refractivity contribution is -0.121. The third kappa shape index (κ3) is 4.49. The summed E-state index contributed by atoms with van der Waals surface area (Å²) in [6, 6.07) is 17.6. The lowest BCUT2D eigenvalue weighted by atomic mass is 10.0. The summed E-state index contributed by atoms with van der Waals surface area (Å²) in [5.74, 6) is -0.341. The molecule has 0 fully saturated rings. The molecule has 0 saturated heterocycles. The highest BCUT2D eigenvalue weighted by Crippen LogP contribution is 2.24. The van der Waals surface area contributed by atoms with E-state index in [-0.39, 0.29) is 17.3 Å². The van der Waals surface area contributed by atoms with Crippen LogP contribution < -0.4 is 5.32 Å². The zero-order chi connectivity index (χ0) is 21.2. The number of sulfonamides is 1. The molecule has 1 N–H and O–H groups in total. The first kappa shape index (κ1) is 21.0. The SMILES string of the molecule is Cc1cc(C)c(S(=O)(=O)N(C)CC(=O)NCc2cccc3ccccc23)c(C)c1. The van der Waals surface area contributed by atoms with Gasteiger partial charge in [-0.15, -0.1) is 0 Å². The van der Waals surface area contributed by atoms with Gasteiger partial charge in [-0.2, -0.15) is 4.31 Å². The van der Waals surface area contributed by atoms with E-state index in [4.69, 9.17) is 0 Å². The Morgan fingerprint density at radius 3 is 2.28 bits per heavy atom. The summed E-state index contributed by atoms with van der Waals surface area (Å²) in [7, 11) is -2.32. The second-order valence-corrected chi connectivity index (χ2v) is 9.39. The number of carbonyl (C=O) groups is 1. The third-order valence-corrected chi connectivity index (χ3v) is 7.10. The van der Waals surface area contributed by atoms with Gasteiger partial charge < -0.3 is 5.32 Å². The van der Waals surface area contributed by atoms with Crippen LogP contribution >= 0.6 is 0 Å². The first-order chi connectivity index (χ1) is 13.7. The zero-order valence-corrected chi connectivity index (χ0v) is 18.0. The van der Waals surface area contributed by atoms with Crippen molar-refractivity contribution in [2.24, 2.45) is 0 Å². The van der Waals surface area contributed by atoms with Gasteiger partial charge in [-0.1, -0.05) is 60.2 Å². The molecule has 0 aliphatic carbocycles. The molecule has 5 nitrogen and oxygen atoms in total. The van der Waals surface area contributed by atoms with Crippen molar-refractivity contribution in [2.75, 3.05) is 13.6 Å². The summed E-state index contributed by atoms with van der Waals surface area (Å²) < 4.78 is 27.1. The molecule has 0 unspecified atom stereocenters. The number of hydrogen-bond acceptors (Lipinski definition) is 3. The fourth-order valence-corrected chi connectivity index (χ4v) is 5.24. The number of nitrogens with zero attached hydrogens (tertiary/aromatic N) is 1. The Hall–Kier alpha value is -2.70. The number of carbonyl (C=O) groups excluding carboxylic acids is 1. The number of fused-ring (bicyclic) bond motifs is 1. The number of aryl methyl sites for hydroxylation is 3. The molecule has 0 heterocycles. The standard InChI is InChI=1S/C23H26N2O3S/c1-16-12-17(2)23(18(3)13-16)29(27,28)25(4)15-22(26)24-14-20-10-7-9-19-8-5-6-11-21(19)20/h5-13H,14-15H2,1-4H3,(H,24,26). The number of nitrogens with one attached hydrogen (secondary N) is 1. The van der Waals surface area contributed by atoms with E-state index >= 15 is 0 Å². The summed E-state index contributed by atoms with van der Waals surface area (Å²) in [4.78, 5) is 12.7. The lowest BCUT2D eigenvalue weighted by Crippen LogP contribution is -2.38. The summed E-state index contributed by atoms with van der Waals surface area (Å²) in [6.07, 6.45) is 0. The fraction of sp³-hybridized carbons (Fsp3) is 0.261. The first-order valence-corrected chi connectivity index (χ1v) is 10.9. The average molecular weight is 411 g/mol. The van der Waals surface area contributed by atoms with Gasteiger partial charge in [0.2, 0.25) is 15.9 Å². The van der Waals surface area contributed by atoms with E-state index in [0.29, 0.717) is 17.7 Å². The van der Waals surface area contributed by atoms with Crippen molar-refractivity contribution in [2.45, 2.75) is 32.2 Å². The van der Waals surface area contributed by atoms with Crippen LogP contribution in [0, 0.1) is 20.8 Å². The number of hydrogen-bond donors (Lipinski definition) is 1. The maximum absolute atomic E-state index is 13.0. The number of likely N-dealkylation sites (N-methyl/N-ethyl adjacent to an activating group) is 1. The molecule has 3 rings (SSSR count). The van der Waals surface area contributed by atoms with E-state index < -0.39 is 10.0 Å². The molecule has 0 bridgehead atoms. The maximum Gasteiger partial charge on any atom is 0.243 e. The van der Waals surface area contributed by atoms with Gasteiger partial charge in [0.05, 0.1) is 11.4 Å². The molecule has 0 aliphatic rings. The van der Waals surface area contributed by atoms with Crippen LogP contribution in [0.15, 0.2) is 59.5 Å². The van der Waals surface area contributed by atoms with Gasteiger partial charge in [0.15, 0.2) is 0 Å². The van der Waals surface area contributed by atoms with Crippen molar-refractivity contribution in [3.8, 4) is 0 Å². The smallest absolute Gasteiger partial charge is 0.243 e. The van der Waals surface area contributed by atoms with Crippen molar-refractivity contribution in [3.63, 3.8) is 0 Å². The highest BCUT2D eigenvalue weighted by molar-refractivity contribution is 7.89. The van der Waals surface area contributed by atoms with E-state index in [9.17, 15) is 13.2 Å². The Bertz CT molecular complexity index is 1140. The van der Waals surface area contributed by atoms with Crippen LogP contribution in [0.3, 0.4) is 0 Å². The van der Waals surface area contributed by atoms with E-state index in [2.05, 4.69) is 5.32 Å². The van der Waals surface area contributed by atoms with Crippen LogP contribution in [0.5, 0.6) is 0 Å². The Morgan fingerprint density at radius 2 is 1.59 bits per heavy atom. The van der Waals surface area contributed by atoms with Crippen LogP contribution in [-0.2, 0) is 21.4 Å². The molecule has 3 aromatic carbocycles. The Morgan fingerprint density at radius 1 is 0.966 bits per heavy atom. The largest absolute Gasteiger partial charge is 0.351 e. The Balaban J connectivity index is 1.72. The molecule has 3 aromatic rings. The molecule has 6 heteroatoms. The predicted octanol–water partition coefficient (Wildman–Crippen LogP) is 3.70. The summed E-state index contributed by atoms with van der Waals surface area (Å²) in [5.41, 5.74) is 3.37. The van der Waals surface area contributed by atoms with Gasteiger partial charge >= 0.3 is 0 Å². The topological polar surface area (TPSA) is 66.5 Å². The molecule has 0 aliphatic heterocycles. The molecule has 1 amide bonds. The molecule has 152 valence electrons. The molecule has 0 saturated carbocycles. The molecule has 0 radical (unpaired) electrons. The third-order valence-electron chi connectivity index (χ3n) is 5.00. The fourth-order valence-electron chi connectivity index (χ4n) is 3.71.